The maximum absolute atomic E-state index is 10.1. The van der Waals surface area contributed by atoms with Crippen molar-refractivity contribution in [3.8, 4) is 0 Å². The van der Waals surface area contributed by atoms with E-state index in [1.165, 1.54) is 0 Å². The summed E-state index contributed by atoms with van der Waals surface area (Å²) in [6.45, 7) is 0. The Morgan fingerprint density at radius 3 is 2.67 bits per heavy atom. The van der Waals surface area contributed by atoms with E-state index in [0.717, 1.165) is 11.8 Å². The van der Waals surface area contributed by atoms with E-state index >= 15 is 0 Å². The molecule has 0 spiro atoms. The molecule has 0 aromatic heterocycles. The van der Waals surface area contributed by atoms with Crippen LogP contribution in [0.4, 0.5) is 0 Å². The second kappa shape index (κ2) is 4.76. The Balaban J connectivity index is 3.27. The minimum atomic E-state index is -0.920. The molecule has 9 heavy (non-hydrogen) atoms. The lowest BCUT2D eigenvalue weighted by atomic mass is 10.2. The maximum Gasteiger partial charge on any atom is 0.320 e. The smallest absolute Gasteiger partial charge is 0.320 e. The van der Waals surface area contributed by atoms with Crippen LogP contribution in [0.1, 0.15) is 12.8 Å². The maximum atomic E-state index is 10.1. The summed E-state index contributed by atoms with van der Waals surface area (Å²) in [4.78, 5) is 10.1. The van der Waals surface area contributed by atoms with Crippen molar-refractivity contribution in [3.05, 3.63) is 0 Å². The third-order valence-corrected chi connectivity index (χ3v) is 1.53. The fourth-order valence-electron chi connectivity index (χ4n) is 0.421. The first-order valence-corrected chi connectivity index (χ1v) is 3.85. The quantitative estimate of drug-likeness (QED) is 0.646. The zero-order chi connectivity index (χ0) is 7.28. The molecule has 0 bridgehead atoms. The van der Waals surface area contributed by atoms with E-state index in [0.29, 0.717) is 6.42 Å². The van der Waals surface area contributed by atoms with Crippen LogP contribution in [0, 0.1) is 0 Å². The van der Waals surface area contributed by atoms with Gasteiger partial charge in [0.25, 0.3) is 0 Å². The summed E-state index contributed by atoms with van der Waals surface area (Å²) in [7, 11) is 0. The lowest BCUT2D eigenvalue weighted by Crippen LogP contribution is -2.29. The lowest BCUT2D eigenvalue weighted by Gasteiger charge is -2.01. The van der Waals surface area contributed by atoms with E-state index < -0.39 is 12.0 Å². The summed E-state index contributed by atoms with van der Waals surface area (Å²) in [5.41, 5.74) is 5.18. The third-order valence-electron chi connectivity index (χ3n) is 0.966. The van der Waals surface area contributed by atoms with Gasteiger partial charge in [-0.05, 0) is 12.8 Å². The number of carboxylic acids is 1. The summed E-state index contributed by atoms with van der Waals surface area (Å²) < 4.78 is 0. The van der Waals surface area contributed by atoms with Crippen LogP contribution < -0.4 is 5.73 Å². The lowest BCUT2D eigenvalue weighted by molar-refractivity contribution is -0.138. The molecular weight excluding hydrogens is 186 g/mol. The molecule has 54 valence electrons. The fourth-order valence-corrected chi connectivity index (χ4v) is 0.744. The second-order valence-corrected chi connectivity index (χ2v) is 2.57. The molecule has 3 nitrogen and oxygen atoms in total. The van der Waals surface area contributed by atoms with Gasteiger partial charge in [-0.25, -0.2) is 0 Å². The largest absolute Gasteiger partial charge is 0.480 e. The summed E-state index contributed by atoms with van der Waals surface area (Å²) >= 11 is 3.18. The Kier molecular flexibility index (Phi) is 4.71. The van der Waals surface area contributed by atoms with Crippen molar-refractivity contribution in [1.82, 2.24) is 0 Å². The molecule has 0 radical (unpaired) electrons. The standard InChI is InChI=1S/C5H10BrNO2/c6-3-1-2-4(7)5(8)9/h4H,1-3,7H2,(H,8,9). The van der Waals surface area contributed by atoms with Gasteiger partial charge in [0.15, 0.2) is 0 Å². The Morgan fingerprint density at radius 2 is 2.33 bits per heavy atom. The van der Waals surface area contributed by atoms with Gasteiger partial charge in [-0.1, -0.05) is 15.9 Å². The highest BCUT2D eigenvalue weighted by atomic mass is 79.9. The van der Waals surface area contributed by atoms with Crippen molar-refractivity contribution >= 4 is 21.9 Å². The Bertz CT molecular complexity index is 97.0. The molecule has 0 fully saturated rings. The first kappa shape index (κ1) is 8.91. The third kappa shape index (κ3) is 4.42. The van der Waals surface area contributed by atoms with Crippen molar-refractivity contribution in [2.75, 3.05) is 5.33 Å². The van der Waals surface area contributed by atoms with Gasteiger partial charge in [0.2, 0.25) is 0 Å². The van der Waals surface area contributed by atoms with E-state index in [1.807, 2.05) is 0 Å². The first-order chi connectivity index (χ1) is 4.18. The average Bonchev–Trinajstić information content (AvgIpc) is 1.82. The average molecular weight is 196 g/mol. The van der Waals surface area contributed by atoms with Gasteiger partial charge in [-0.15, -0.1) is 0 Å². The molecule has 0 rings (SSSR count). The molecule has 0 heterocycles. The number of alkyl halides is 1. The Labute approximate surface area is 62.4 Å². The minimum absolute atomic E-state index is 0.542. The topological polar surface area (TPSA) is 63.3 Å². The minimum Gasteiger partial charge on any atom is -0.480 e. The molecule has 0 aromatic carbocycles. The zero-order valence-electron chi connectivity index (χ0n) is 5.01. The molecule has 0 aliphatic heterocycles. The van der Waals surface area contributed by atoms with Crippen LogP contribution in [0.15, 0.2) is 0 Å². The van der Waals surface area contributed by atoms with Crippen LogP contribution in [0.25, 0.3) is 0 Å². The molecule has 0 aliphatic rings. The number of nitrogens with two attached hydrogens (primary N) is 1. The number of hydrogen-bond donors (Lipinski definition) is 2. The summed E-state index contributed by atoms with van der Waals surface area (Å²) in [5, 5.41) is 9.08. The van der Waals surface area contributed by atoms with Gasteiger partial charge in [-0.2, -0.15) is 0 Å². The van der Waals surface area contributed by atoms with E-state index in [2.05, 4.69) is 15.9 Å². The van der Waals surface area contributed by atoms with E-state index in [-0.39, 0.29) is 0 Å². The van der Waals surface area contributed by atoms with Gasteiger partial charge < -0.3 is 10.8 Å². The SMILES string of the molecule is NC(CCCBr)C(=O)O. The van der Waals surface area contributed by atoms with Gasteiger partial charge in [-0.3, -0.25) is 4.79 Å². The van der Waals surface area contributed by atoms with Crippen molar-refractivity contribution in [3.63, 3.8) is 0 Å². The van der Waals surface area contributed by atoms with E-state index in [9.17, 15) is 4.79 Å². The molecule has 0 saturated heterocycles. The van der Waals surface area contributed by atoms with E-state index in [1.54, 1.807) is 0 Å². The van der Waals surface area contributed by atoms with Crippen molar-refractivity contribution in [2.24, 2.45) is 5.73 Å². The molecule has 0 aliphatic carbocycles. The van der Waals surface area contributed by atoms with Crippen molar-refractivity contribution in [2.45, 2.75) is 18.9 Å². The number of hydrogen-bond acceptors (Lipinski definition) is 2. The van der Waals surface area contributed by atoms with Gasteiger partial charge in [0.05, 0.1) is 0 Å². The Morgan fingerprint density at radius 1 is 1.78 bits per heavy atom. The predicted molar refractivity (Wildman–Crippen MR) is 38.6 cm³/mol. The van der Waals surface area contributed by atoms with Crippen LogP contribution in [-0.2, 0) is 4.79 Å². The van der Waals surface area contributed by atoms with E-state index in [4.69, 9.17) is 10.8 Å². The fraction of sp³-hybridized carbons (Fsp3) is 0.800. The second-order valence-electron chi connectivity index (χ2n) is 1.78. The Hall–Kier alpha value is -0.0900. The monoisotopic (exact) mass is 195 g/mol. The molecule has 1 atom stereocenters. The predicted octanol–water partition coefficient (Wildman–Crippen LogP) is 0.573. The van der Waals surface area contributed by atoms with Crippen molar-refractivity contribution in [1.29, 1.82) is 0 Å². The molecule has 0 saturated carbocycles. The van der Waals surface area contributed by atoms with Crippen LogP contribution in [0.3, 0.4) is 0 Å². The highest BCUT2D eigenvalue weighted by Crippen LogP contribution is 1.96. The molecule has 3 N–H and O–H groups in total. The van der Waals surface area contributed by atoms with Crippen molar-refractivity contribution < 1.29 is 9.90 Å². The summed E-state index contributed by atoms with van der Waals surface area (Å²) in [6.07, 6.45) is 1.36. The summed E-state index contributed by atoms with van der Waals surface area (Å²) in [5.74, 6) is -0.920. The number of aliphatic carboxylic acids is 1. The summed E-state index contributed by atoms with van der Waals surface area (Å²) in [6, 6.07) is -0.692. The van der Waals surface area contributed by atoms with Crippen LogP contribution in [-0.4, -0.2) is 22.4 Å². The highest BCUT2D eigenvalue weighted by molar-refractivity contribution is 9.09. The first-order valence-electron chi connectivity index (χ1n) is 2.73. The number of halogens is 1. The molecule has 4 heteroatoms. The number of carbonyl (C=O) groups is 1. The molecular formula is C5H10BrNO2. The van der Waals surface area contributed by atoms with Gasteiger partial charge >= 0.3 is 5.97 Å². The van der Waals surface area contributed by atoms with Crippen LogP contribution in [0.2, 0.25) is 0 Å². The molecule has 0 amide bonds. The zero-order valence-corrected chi connectivity index (χ0v) is 6.60. The normalized spacial score (nSPS) is 13.1. The molecule has 0 aromatic rings. The highest BCUT2D eigenvalue weighted by Gasteiger charge is 2.08. The number of rotatable bonds is 4. The number of carboxylic acid groups (broad SMARTS) is 1. The van der Waals surface area contributed by atoms with Crippen LogP contribution >= 0.6 is 15.9 Å². The molecule has 1 unspecified atom stereocenters. The van der Waals surface area contributed by atoms with Crippen LogP contribution in [0.5, 0.6) is 0 Å². The van der Waals surface area contributed by atoms with Gasteiger partial charge in [0, 0.05) is 5.33 Å². The van der Waals surface area contributed by atoms with Gasteiger partial charge in [0.1, 0.15) is 6.04 Å².